The van der Waals surface area contributed by atoms with Crippen LogP contribution in [-0.2, 0) is 6.54 Å². The third-order valence-electron chi connectivity index (χ3n) is 3.66. The molecule has 0 N–H and O–H groups in total. The molecule has 0 saturated heterocycles. The Morgan fingerprint density at radius 3 is 2.53 bits per heavy atom. The number of hydrogen-bond acceptors (Lipinski definition) is 0. The number of aromatic nitrogens is 1. The molecular formula is C17H18BrN. The van der Waals surface area contributed by atoms with Crippen molar-refractivity contribution in [3.63, 3.8) is 0 Å². The number of benzene rings is 2. The van der Waals surface area contributed by atoms with E-state index in [0.29, 0.717) is 0 Å². The highest BCUT2D eigenvalue weighted by molar-refractivity contribution is 9.10. The monoisotopic (exact) mass is 315 g/mol. The molecule has 0 aliphatic rings. The second kappa shape index (κ2) is 5.01. The molecule has 0 spiro atoms. The molecular weight excluding hydrogens is 298 g/mol. The van der Waals surface area contributed by atoms with Gasteiger partial charge < -0.3 is 4.57 Å². The van der Waals surface area contributed by atoms with Gasteiger partial charge in [-0.2, -0.15) is 0 Å². The molecule has 0 radical (unpaired) electrons. The first kappa shape index (κ1) is 12.7. The highest BCUT2D eigenvalue weighted by atomic mass is 79.9. The molecule has 98 valence electrons. The van der Waals surface area contributed by atoms with E-state index in [-0.39, 0.29) is 0 Å². The zero-order valence-electron chi connectivity index (χ0n) is 11.4. The number of rotatable bonds is 3. The zero-order chi connectivity index (χ0) is 13.4. The highest BCUT2D eigenvalue weighted by Gasteiger charge is 2.10. The van der Waals surface area contributed by atoms with Crippen LogP contribution < -0.4 is 0 Å². The normalized spacial score (nSPS) is 11.8. The van der Waals surface area contributed by atoms with Gasteiger partial charge >= 0.3 is 0 Å². The number of para-hydroxylation sites is 1. The quantitative estimate of drug-likeness (QED) is 0.592. The number of nitrogens with zero attached hydrogens (tertiary/aromatic N) is 1. The summed E-state index contributed by atoms with van der Waals surface area (Å²) in [6, 6.07) is 15.3. The number of halogens is 1. The van der Waals surface area contributed by atoms with Gasteiger partial charge in [-0.25, -0.2) is 0 Å². The average Bonchev–Trinajstić information content (AvgIpc) is 2.70. The molecule has 2 aromatic carbocycles. The van der Waals surface area contributed by atoms with E-state index < -0.39 is 0 Å². The maximum Gasteiger partial charge on any atom is 0.0492 e. The SMILES string of the molecule is CC(C)CCn1c2ccccc2c2cc(Br)ccc21. The van der Waals surface area contributed by atoms with Gasteiger partial charge in [-0.3, -0.25) is 0 Å². The van der Waals surface area contributed by atoms with E-state index in [1.807, 2.05) is 0 Å². The summed E-state index contributed by atoms with van der Waals surface area (Å²) in [6.45, 7) is 5.65. The molecule has 0 amide bonds. The molecule has 3 rings (SSSR count). The Morgan fingerprint density at radius 2 is 1.74 bits per heavy atom. The molecule has 0 unspecified atom stereocenters. The predicted octanol–water partition coefficient (Wildman–Crippen LogP) is 5.60. The van der Waals surface area contributed by atoms with Crippen LogP contribution in [0.5, 0.6) is 0 Å². The Balaban J connectivity index is 2.26. The first-order valence-corrected chi connectivity index (χ1v) is 7.62. The average molecular weight is 316 g/mol. The molecule has 19 heavy (non-hydrogen) atoms. The van der Waals surface area contributed by atoms with Gasteiger partial charge in [0.05, 0.1) is 0 Å². The van der Waals surface area contributed by atoms with Crippen LogP contribution in [0, 0.1) is 5.92 Å². The van der Waals surface area contributed by atoms with Gasteiger partial charge in [-0.15, -0.1) is 0 Å². The molecule has 0 atom stereocenters. The largest absolute Gasteiger partial charge is 0.340 e. The van der Waals surface area contributed by atoms with Crippen LogP contribution in [0.3, 0.4) is 0 Å². The third-order valence-corrected chi connectivity index (χ3v) is 4.16. The minimum absolute atomic E-state index is 0.728. The van der Waals surface area contributed by atoms with Crippen molar-refractivity contribution in [3.05, 3.63) is 46.9 Å². The summed E-state index contributed by atoms with van der Waals surface area (Å²) in [4.78, 5) is 0. The lowest BCUT2D eigenvalue weighted by atomic mass is 10.1. The van der Waals surface area contributed by atoms with E-state index in [1.165, 1.54) is 28.2 Å². The van der Waals surface area contributed by atoms with Crippen LogP contribution in [-0.4, -0.2) is 4.57 Å². The summed E-state index contributed by atoms with van der Waals surface area (Å²) in [6.07, 6.45) is 1.21. The van der Waals surface area contributed by atoms with Gasteiger partial charge in [-0.05, 0) is 36.6 Å². The Bertz CT molecular complexity index is 725. The number of aryl methyl sites for hydroxylation is 1. The molecule has 3 aromatic rings. The summed E-state index contributed by atoms with van der Waals surface area (Å²) in [5.74, 6) is 0.728. The highest BCUT2D eigenvalue weighted by Crippen LogP contribution is 2.31. The van der Waals surface area contributed by atoms with Crippen LogP contribution in [0.2, 0.25) is 0 Å². The Kier molecular flexibility index (Phi) is 3.36. The van der Waals surface area contributed by atoms with Crippen molar-refractivity contribution < 1.29 is 0 Å². The van der Waals surface area contributed by atoms with Crippen molar-refractivity contribution >= 4 is 37.7 Å². The smallest absolute Gasteiger partial charge is 0.0492 e. The van der Waals surface area contributed by atoms with Crippen molar-refractivity contribution in [2.45, 2.75) is 26.8 Å². The van der Waals surface area contributed by atoms with E-state index in [0.717, 1.165) is 16.9 Å². The van der Waals surface area contributed by atoms with Crippen molar-refractivity contribution in [1.29, 1.82) is 0 Å². The molecule has 1 heterocycles. The van der Waals surface area contributed by atoms with Crippen LogP contribution in [0.25, 0.3) is 21.8 Å². The van der Waals surface area contributed by atoms with Crippen LogP contribution in [0.15, 0.2) is 46.9 Å². The number of fused-ring (bicyclic) bond motifs is 3. The van der Waals surface area contributed by atoms with Crippen LogP contribution >= 0.6 is 15.9 Å². The Morgan fingerprint density at radius 1 is 1.00 bits per heavy atom. The molecule has 1 nitrogen and oxygen atoms in total. The summed E-state index contributed by atoms with van der Waals surface area (Å²) in [7, 11) is 0. The predicted molar refractivity (Wildman–Crippen MR) is 86.6 cm³/mol. The molecule has 1 aromatic heterocycles. The zero-order valence-corrected chi connectivity index (χ0v) is 12.9. The van der Waals surface area contributed by atoms with E-state index in [1.54, 1.807) is 0 Å². The van der Waals surface area contributed by atoms with Crippen molar-refractivity contribution in [1.82, 2.24) is 4.57 Å². The number of hydrogen-bond donors (Lipinski definition) is 0. The Labute approximate surface area is 122 Å². The van der Waals surface area contributed by atoms with Crippen molar-refractivity contribution in [2.24, 2.45) is 5.92 Å². The lowest BCUT2D eigenvalue weighted by Crippen LogP contribution is -2.00. The van der Waals surface area contributed by atoms with Gasteiger partial charge in [0.15, 0.2) is 0 Å². The van der Waals surface area contributed by atoms with Crippen molar-refractivity contribution in [3.8, 4) is 0 Å². The van der Waals surface area contributed by atoms with E-state index >= 15 is 0 Å². The molecule has 0 bridgehead atoms. The van der Waals surface area contributed by atoms with E-state index in [9.17, 15) is 0 Å². The van der Waals surface area contributed by atoms with Gasteiger partial charge in [0.2, 0.25) is 0 Å². The van der Waals surface area contributed by atoms with Gasteiger partial charge in [0, 0.05) is 32.8 Å². The fraction of sp³-hybridized carbons (Fsp3) is 0.294. The fourth-order valence-electron chi connectivity index (χ4n) is 2.65. The van der Waals surface area contributed by atoms with Gasteiger partial charge in [0.25, 0.3) is 0 Å². The second-order valence-corrected chi connectivity index (χ2v) is 6.43. The Hall–Kier alpha value is -1.28. The molecule has 0 saturated carbocycles. The molecule has 0 fully saturated rings. The maximum absolute atomic E-state index is 3.58. The van der Waals surface area contributed by atoms with Crippen molar-refractivity contribution in [2.75, 3.05) is 0 Å². The summed E-state index contributed by atoms with van der Waals surface area (Å²) in [5, 5.41) is 2.69. The van der Waals surface area contributed by atoms with E-state index in [2.05, 4.69) is 76.8 Å². The minimum atomic E-state index is 0.728. The third kappa shape index (κ3) is 2.30. The van der Waals surface area contributed by atoms with Gasteiger partial charge in [0.1, 0.15) is 0 Å². The van der Waals surface area contributed by atoms with Crippen LogP contribution in [0.4, 0.5) is 0 Å². The van der Waals surface area contributed by atoms with Crippen LogP contribution in [0.1, 0.15) is 20.3 Å². The molecule has 0 aliphatic carbocycles. The summed E-state index contributed by atoms with van der Waals surface area (Å²) < 4.78 is 3.60. The molecule has 0 aliphatic heterocycles. The lowest BCUT2D eigenvalue weighted by Gasteiger charge is -2.09. The summed E-state index contributed by atoms with van der Waals surface area (Å²) in [5.41, 5.74) is 2.68. The second-order valence-electron chi connectivity index (χ2n) is 5.51. The van der Waals surface area contributed by atoms with E-state index in [4.69, 9.17) is 0 Å². The fourth-order valence-corrected chi connectivity index (χ4v) is 3.02. The first-order valence-electron chi connectivity index (χ1n) is 6.83. The molecule has 2 heteroatoms. The minimum Gasteiger partial charge on any atom is -0.340 e. The first-order chi connectivity index (χ1) is 9.16. The van der Waals surface area contributed by atoms with Gasteiger partial charge in [-0.1, -0.05) is 48.0 Å². The topological polar surface area (TPSA) is 4.93 Å². The summed E-state index contributed by atoms with van der Waals surface area (Å²) >= 11 is 3.58. The standard InChI is InChI=1S/C17H18BrN/c1-12(2)9-10-19-16-6-4-3-5-14(16)15-11-13(18)7-8-17(15)19/h3-8,11-12H,9-10H2,1-2H3. The lowest BCUT2D eigenvalue weighted by molar-refractivity contribution is 0.531. The maximum atomic E-state index is 3.58.